The molecule has 1 fully saturated rings. The lowest BCUT2D eigenvalue weighted by Gasteiger charge is -2.35. The van der Waals surface area contributed by atoms with E-state index in [1.165, 1.54) is 0 Å². The van der Waals surface area contributed by atoms with Crippen LogP contribution in [0.25, 0.3) is 0 Å². The highest BCUT2D eigenvalue weighted by atomic mass is 16.5. The summed E-state index contributed by atoms with van der Waals surface area (Å²) in [6.45, 7) is 7.12. The number of hydrogen-bond donors (Lipinski definition) is 1. The molecule has 1 aliphatic rings. The molecule has 2 aromatic rings. The number of pyridine rings is 1. The normalized spacial score (nSPS) is 15.2. The fraction of sp³-hybridized carbons (Fsp3) is 0.368. The SMILES string of the molecule is CCOc1cccc(N2CCN(Cc3ccc(C(=O)O)cc3)CC2)n1. The van der Waals surface area contributed by atoms with Gasteiger partial charge in [0.05, 0.1) is 12.2 Å². The van der Waals surface area contributed by atoms with Gasteiger partial charge < -0.3 is 14.7 Å². The molecule has 6 heteroatoms. The molecule has 0 unspecified atom stereocenters. The molecule has 1 aromatic heterocycles. The average Bonchev–Trinajstić information content (AvgIpc) is 2.63. The molecule has 6 nitrogen and oxygen atoms in total. The number of hydrogen-bond acceptors (Lipinski definition) is 5. The van der Waals surface area contributed by atoms with Crippen molar-refractivity contribution in [3.63, 3.8) is 0 Å². The quantitative estimate of drug-likeness (QED) is 0.871. The molecule has 0 bridgehead atoms. The van der Waals surface area contributed by atoms with E-state index in [0.29, 0.717) is 18.1 Å². The Morgan fingerprint density at radius 2 is 1.84 bits per heavy atom. The minimum absolute atomic E-state index is 0.328. The molecule has 0 saturated carbocycles. The first-order valence-corrected chi connectivity index (χ1v) is 8.55. The van der Waals surface area contributed by atoms with E-state index >= 15 is 0 Å². The second-order valence-corrected chi connectivity index (χ2v) is 6.03. The predicted molar refractivity (Wildman–Crippen MR) is 96.3 cm³/mol. The van der Waals surface area contributed by atoms with E-state index in [1.54, 1.807) is 12.1 Å². The van der Waals surface area contributed by atoms with E-state index in [0.717, 1.165) is 44.1 Å². The molecule has 1 aliphatic heterocycles. The number of piperazine rings is 1. The summed E-state index contributed by atoms with van der Waals surface area (Å²) in [5, 5.41) is 8.96. The molecule has 1 aromatic carbocycles. The van der Waals surface area contributed by atoms with Crippen LogP contribution in [0.5, 0.6) is 5.88 Å². The lowest BCUT2D eigenvalue weighted by atomic mass is 10.1. The summed E-state index contributed by atoms with van der Waals surface area (Å²) < 4.78 is 5.47. The molecule has 0 radical (unpaired) electrons. The van der Waals surface area contributed by atoms with Crippen LogP contribution in [0.3, 0.4) is 0 Å². The van der Waals surface area contributed by atoms with Gasteiger partial charge in [-0.1, -0.05) is 18.2 Å². The molecule has 1 saturated heterocycles. The maximum absolute atomic E-state index is 10.9. The van der Waals surface area contributed by atoms with Crippen LogP contribution >= 0.6 is 0 Å². The van der Waals surface area contributed by atoms with Crippen molar-refractivity contribution >= 4 is 11.8 Å². The van der Waals surface area contributed by atoms with Gasteiger partial charge in [0.2, 0.25) is 5.88 Å². The van der Waals surface area contributed by atoms with Crippen LogP contribution in [-0.2, 0) is 6.54 Å². The van der Waals surface area contributed by atoms with Gasteiger partial charge in [-0.3, -0.25) is 4.90 Å². The van der Waals surface area contributed by atoms with Gasteiger partial charge in [-0.15, -0.1) is 0 Å². The lowest BCUT2D eigenvalue weighted by Crippen LogP contribution is -2.46. The number of carbonyl (C=O) groups is 1. The maximum Gasteiger partial charge on any atom is 0.335 e. The minimum atomic E-state index is -0.887. The Balaban J connectivity index is 1.55. The molecule has 3 rings (SSSR count). The smallest absolute Gasteiger partial charge is 0.335 e. The van der Waals surface area contributed by atoms with Crippen LogP contribution in [0.4, 0.5) is 5.82 Å². The van der Waals surface area contributed by atoms with Crippen LogP contribution in [0.15, 0.2) is 42.5 Å². The summed E-state index contributed by atoms with van der Waals surface area (Å²) in [5.41, 5.74) is 1.46. The molecule has 2 heterocycles. The number of carboxylic acid groups (broad SMARTS) is 1. The van der Waals surface area contributed by atoms with Crippen molar-refractivity contribution in [2.24, 2.45) is 0 Å². The molecule has 0 atom stereocenters. The Morgan fingerprint density at radius 3 is 2.48 bits per heavy atom. The van der Waals surface area contributed by atoms with Gasteiger partial charge >= 0.3 is 5.97 Å². The zero-order valence-corrected chi connectivity index (χ0v) is 14.4. The molecule has 0 spiro atoms. The number of aromatic carboxylic acids is 1. The van der Waals surface area contributed by atoms with Gasteiger partial charge in [-0.25, -0.2) is 4.79 Å². The molecular formula is C19H23N3O3. The maximum atomic E-state index is 10.9. The number of aromatic nitrogens is 1. The third-order valence-corrected chi connectivity index (χ3v) is 4.30. The van der Waals surface area contributed by atoms with Gasteiger partial charge in [0.1, 0.15) is 5.82 Å². The Kier molecular flexibility index (Phi) is 5.50. The molecule has 0 amide bonds. The number of benzene rings is 1. The average molecular weight is 341 g/mol. The van der Waals surface area contributed by atoms with Gasteiger partial charge in [-0.05, 0) is 30.7 Å². The van der Waals surface area contributed by atoms with E-state index < -0.39 is 5.97 Å². The standard InChI is InChI=1S/C19H23N3O3/c1-2-25-18-5-3-4-17(20-18)22-12-10-21(11-13-22)14-15-6-8-16(9-7-15)19(23)24/h3-9H,2,10-14H2,1H3,(H,23,24). The Hall–Kier alpha value is -2.60. The number of rotatable bonds is 6. The largest absolute Gasteiger partial charge is 0.478 e. The summed E-state index contributed by atoms with van der Waals surface area (Å²) in [6.07, 6.45) is 0. The first-order valence-electron chi connectivity index (χ1n) is 8.55. The predicted octanol–water partition coefficient (Wildman–Crippen LogP) is 2.50. The Morgan fingerprint density at radius 1 is 1.12 bits per heavy atom. The summed E-state index contributed by atoms with van der Waals surface area (Å²) in [7, 11) is 0. The first kappa shape index (κ1) is 17.2. The van der Waals surface area contributed by atoms with Gasteiger partial charge in [0, 0.05) is 38.8 Å². The lowest BCUT2D eigenvalue weighted by molar-refractivity contribution is 0.0697. The minimum Gasteiger partial charge on any atom is -0.478 e. The third-order valence-electron chi connectivity index (χ3n) is 4.30. The molecule has 132 valence electrons. The summed E-state index contributed by atoms with van der Waals surface area (Å²) in [6, 6.07) is 13.0. The molecule has 25 heavy (non-hydrogen) atoms. The number of nitrogens with zero attached hydrogens (tertiary/aromatic N) is 3. The van der Waals surface area contributed by atoms with Crippen molar-refractivity contribution in [1.29, 1.82) is 0 Å². The zero-order chi connectivity index (χ0) is 17.6. The van der Waals surface area contributed by atoms with Crippen molar-refractivity contribution < 1.29 is 14.6 Å². The van der Waals surface area contributed by atoms with E-state index in [1.807, 2.05) is 37.3 Å². The second kappa shape index (κ2) is 7.98. The van der Waals surface area contributed by atoms with Crippen LogP contribution in [0.2, 0.25) is 0 Å². The van der Waals surface area contributed by atoms with Crippen LogP contribution in [0.1, 0.15) is 22.8 Å². The summed E-state index contributed by atoms with van der Waals surface area (Å²) in [4.78, 5) is 20.1. The molecule has 0 aliphatic carbocycles. The highest BCUT2D eigenvalue weighted by Gasteiger charge is 2.18. The fourth-order valence-electron chi connectivity index (χ4n) is 2.95. The van der Waals surface area contributed by atoms with Crippen LogP contribution in [-0.4, -0.2) is 53.7 Å². The number of carboxylic acids is 1. The van der Waals surface area contributed by atoms with Gasteiger partial charge in [-0.2, -0.15) is 4.98 Å². The van der Waals surface area contributed by atoms with Gasteiger partial charge in [0.15, 0.2) is 0 Å². The third kappa shape index (κ3) is 4.48. The molecular weight excluding hydrogens is 318 g/mol. The fourth-order valence-corrected chi connectivity index (χ4v) is 2.95. The van der Waals surface area contributed by atoms with E-state index in [-0.39, 0.29) is 0 Å². The van der Waals surface area contributed by atoms with Crippen molar-refractivity contribution in [2.45, 2.75) is 13.5 Å². The molecule has 1 N–H and O–H groups in total. The Labute approximate surface area is 147 Å². The van der Waals surface area contributed by atoms with Crippen molar-refractivity contribution in [1.82, 2.24) is 9.88 Å². The summed E-state index contributed by atoms with van der Waals surface area (Å²) >= 11 is 0. The number of anilines is 1. The zero-order valence-electron chi connectivity index (χ0n) is 14.4. The van der Waals surface area contributed by atoms with Crippen LogP contribution < -0.4 is 9.64 Å². The summed E-state index contributed by atoms with van der Waals surface area (Å²) in [5.74, 6) is 0.735. The number of ether oxygens (including phenoxy) is 1. The van der Waals surface area contributed by atoms with Gasteiger partial charge in [0.25, 0.3) is 0 Å². The van der Waals surface area contributed by atoms with Crippen molar-refractivity contribution in [2.75, 3.05) is 37.7 Å². The van der Waals surface area contributed by atoms with E-state index in [2.05, 4.69) is 14.8 Å². The Bertz CT molecular complexity index is 710. The first-order chi connectivity index (χ1) is 12.2. The van der Waals surface area contributed by atoms with Crippen molar-refractivity contribution in [3.05, 3.63) is 53.6 Å². The van der Waals surface area contributed by atoms with E-state index in [9.17, 15) is 4.79 Å². The van der Waals surface area contributed by atoms with Crippen molar-refractivity contribution in [3.8, 4) is 5.88 Å². The topological polar surface area (TPSA) is 65.9 Å². The second-order valence-electron chi connectivity index (χ2n) is 6.03. The van der Waals surface area contributed by atoms with E-state index in [4.69, 9.17) is 9.84 Å². The highest BCUT2D eigenvalue weighted by molar-refractivity contribution is 5.87. The van der Waals surface area contributed by atoms with Crippen LogP contribution in [0, 0.1) is 0 Å². The monoisotopic (exact) mass is 341 g/mol. The highest BCUT2D eigenvalue weighted by Crippen LogP contribution is 2.18.